The highest BCUT2D eigenvalue weighted by atomic mass is 35.5. The van der Waals surface area contributed by atoms with E-state index in [0.29, 0.717) is 27.7 Å². The van der Waals surface area contributed by atoms with Crippen LogP contribution in [0.3, 0.4) is 0 Å². The predicted octanol–water partition coefficient (Wildman–Crippen LogP) is 3.40. The molecule has 25 heavy (non-hydrogen) atoms. The van der Waals surface area contributed by atoms with Crippen molar-refractivity contribution in [2.75, 3.05) is 11.1 Å². The first-order valence-electron chi connectivity index (χ1n) is 7.33. The second kappa shape index (κ2) is 6.81. The molecule has 6 nitrogen and oxygen atoms in total. The van der Waals surface area contributed by atoms with Crippen LogP contribution in [0.2, 0.25) is 5.02 Å². The fourth-order valence-corrected chi connectivity index (χ4v) is 3.63. The van der Waals surface area contributed by atoms with E-state index in [1.807, 2.05) is 0 Å². The number of nitrogens with one attached hydrogen (secondary N) is 1. The number of carbonyl (C=O) groups is 1. The highest BCUT2D eigenvalue weighted by molar-refractivity contribution is 7.16. The first-order valence-corrected chi connectivity index (χ1v) is 8.52. The lowest BCUT2D eigenvalue weighted by Gasteiger charge is -2.02. The van der Waals surface area contributed by atoms with E-state index in [1.54, 1.807) is 30.8 Å². The zero-order valence-electron chi connectivity index (χ0n) is 13.5. The molecular formula is C16H15ClFN5OS. The van der Waals surface area contributed by atoms with Crippen LogP contribution < -0.4 is 11.1 Å². The molecule has 0 saturated carbocycles. The van der Waals surface area contributed by atoms with Crippen molar-refractivity contribution < 1.29 is 9.18 Å². The number of carbonyl (C=O) groups excluding carboxylic acids is 1. The van der Waals surface area contributed by atoms with Crippen LogP contribution in [0.1, 0.15) is 26.9 Å². The molecule has 2 aromatic heterocycles. The summed E-state index contributed by atoms with van der Waals surface area (Å²) in [5.41, 5.74) is 6.99. The number of aryl methyl sites for hydroxylation is 2. The molecule has 0 saturated heterocycles. The summed E-state index contributed by atoms with van der Waals surface area (Å²) >= 11 is 7.20. The van der Waals surface area contributed by atoms with Gasteiger partial charge in [-0.1, -0.05) is 11.6 Å². The van der Waals surface area contributed by atoms with Gasteiger partial charge in [-0.3, -0.25) is 4.79 Å². The average molecular weight is 380 g/mol. The monoisotopic (exact) mass is 379 g/mol. The van der Waals surface area contributed by atoms with Gasteiger partial charge in [0.1, 0.15) is 16.6 Å². The van der Waals surface area contributed by atoms with Crippen molar-refractivity contribution in [2.45, 2.75) is 13.3 Å². The van der Waals surface area contributed by atoms with E-state index < -0.39 is 5.82 Å². The predicted molar refractivity (Wildman–Crippen MR) is 96.6 cm³/mol. The maximum atomic E-state index is 13.4. The number of anilines is 2. The summed E-state index contributed by atoms with van der Waals surface area (Å²) < 4.78 is 15.0. The number of hydrogen-bond donors (Lipinski definition) is 2. The third-order valence-electron chi connectivity index (χ3n) is 3.44. The van der Waals surface area contributed by atoms with Gasteiger partial charge in [0.2, 0.25) is 5.82 Å². The van der Waals surface area contributed by atoms with Crippen LogP contribution in [0.15, 0.2) is 24.4 Å². The molecule has 2 heterocycles. The van der Waals surface area contributed by atoms with Crippen LogP contribution in [-0.4, -0.2) is 20.4 Å². The second-order valence-corrected chi connectivity index (χ2v) is 7.05. The Labute approximate surface area is 152 Å². The summed E-state index contributed by atoms with van der Waals surface area (Å²) in [5.74, 6) is -0.274. The molecule has 0 aliphatic rings. The lowest BCUT2D eigenvalue weighted by Crippen LogP contribution is -2.16. The van der Waals surface area contributed by atoms with Crippen molar-refractivity contribution in [1.82, 2.24) is 14.5 Å². The largest absolute Gasteiger partial charge is 0.382 e. The minimum absolute atomic E-state index is 0.212. The normalized spacial score (nSPS) is 10.9. The van der Waals surface area contributed by atoms with E-state index in [1.165, 1.54) is 23.5 Å². The summed E-state index contributed by atoms with van der Waals surface area (Å²) in [6, 6.07) is 4.36. The molecule has 3 rings (SSSR count). The van der Waals surface area contributed by atoms with E-state index in [9.17, 15) is 9.18 Å². The summed E-state index contributed by atoms with van der Waals surface area (Å²) in [5, 5.41) is 4.48. The number of benzene rings is 1. The first-order chi connectivity index (χ1) is 11.8. The third-order valence-corrected chi connectivity index (χ3v) is 4.73. The summed E-state index contributed by atoms with van der Waals surface area (Å²) in [6.07, 6.45) is 1.99. The molecule has 3 N–H and O–H groups in total. The van der Waals surface area contributed by atoms with Crippen molar-refractivity contribution in [3.63, 3.8) is 0 Å². The van der Waals surface area contributed by atoms with Gasteiger partial charge in [0.05, 0.1) is 10.7 Å². The van der Waals surface area contributed by atoms with Crippen molar-refractivity contribution in [2.24, 2.45) is 7.05 Å². The molecule has 9 heteroatoms. The number of thiazole rings is 1. The van der Waals surface area contributed by atoms with Gasteiger partial charge in [0, 0.05) is 24.7 Å². The molecule has 1 aromatic carbocycles. The molecule has 0 spiro atoms. The zero-order chi connectivity index (χ0) is 18.1. The molecule has 0 fully saturated rings. The van der Waals surface area contributed by atoms with Gasteiger partial charge < -0.3 is 15.6 Å². The Morgan fingerprint density at radius 2 is 2.16 bits per heavy atom. The molecule has 0 aliphatic carbocycles. The van der Waals surface area contributed by atoms with E-state index in [2.05, 4.69) is 15.3 Å². The van der Waals surface area contributed by atoms with Crippen LogP contribution in [-0.2, 0) is 13.5 Å². The van der Waals surface area contributed by atoms with E-state index in [4.69, 9.17) is 17.3 Å². The highest BCUT2D eigenvalue weighted by Crippen LogP contribution is 2.27. The van der Waals surface area contributed by atoms with Crippen LogP contribution >= 0.6 is 22.9 Å². The number of amides is 1. The van der Waals surface area contributed by atoms with Gasteiger partial charge in [-0.25, -0.2) is 14.4 Å². The second-order valence-electron chi connectivity index (χ2n) is 5.53. The molecular weight excluding hydrogens is 365 g/mol. The van der Waals surface area contributed by atoms with Crippen molar-refractivity contribution in [1.29, 1.82) is 0 Å². The Morgan fingerprint density at radius 1 is 1.40 bits per heavy atom. The van der Waals surface area contributed by atoms with Crippen molar-refractivity contribution in [3.8, 4) is 0 Å². The lowest BCUT2D eigenvalue weighted by molar-refractivity contribution is 0.101. The smallest absolute Gasteiger partial charge is 0.292 e. The maximum absolute atomic E-state index is 13.4. The van der Waals surface area contributed by atoms with E-state index in [-0.39, 0.29) is 17.5 Å². The molecule has 1 amide bonds. The van der Waals surface area contributed by atoms with Crippen LogP contribution in [0, 0.1) is 12.7 Å². The average Bonchev–Trinajstić information content (AvgIpc) is 3.00. The Kier molecular flexibility index (Phi) is 4.73. The molecule has 0 radical (unpaired) electrons. The first kappa shape index (κ1) is 17.4. The fraction of sp³-hybridized carbons (Fsp3) is 0.188. The van der Waals surface area contributed by atoms with Gasteiger partial charge in [0.25, 0.3) is 5.91 Å². The van der Waals surface area contributed by atoms with Gasteiger partial charge in [-0.05, 0) is 30.7 Å². The number of imidazole rings is 1. The molecule has 0 bridgehead atoms. The standard InChI is InChI=1S/C16H15ClFN5OS/c1-8-16(22-15(24)14-21-12(19)7-23(14)2)25-13(20-8)5-9-3-10(17)6-11(18)4-9/h3-4,6-7H,5,19H2,1-2H3,(H,22,24). The Hall–Kier alpha value is -2.45. The van der Waals surface area contributed by atoms with Crippen molar-refractivity contribution >= 4 is 39.7 Å². The maximum Gasteiger partial charge on any atom is 0.292 e. The highest BCUT2D eigenvalue weighted by Gasteiger charge is 2.17. The zero-order valence-corrected chi connectivity index (χ0v) is 15.1. The number of halogens is 2. The number of aromatic nitrogens is 3. The number of nitrogens with two attached hydrogens (primary N) is 1. The SMILES string of the molecule is Cc1nc(Cc2cc(F)cc(Cl)c2)sc1NC(=O)c1nc(N)cn1C. The molecule has 0 unspecified atom stereocenters. The fourth-order valence-electron chi connectivity index (χ4n) is 2.39. The molecule has 0 aliphatic heterocycles. The lowest BCUT2D eigenvalue weighted by atomic mass is 10.1. The topological polar surface area (TPSA) is 85.8 Å². The Bertz CT molecular complexity index is 932. The molecule has 3 aromatic rings. The summed E-state index contributed by atoms with van der Waals surface area (Å²) in [7, 11) is 1.69. The van der Waals surface area contributed by atoms with Gasteiger partial charge in [-0.15, -0.1) is 11.3 Å². The van der Waals surface area contributed by atoms with E-state index >= 15 is 0 Å². The minimum Gasteiger partial charge on any atom is -0.382 e. The third kappa shape index (κ3) is 3.97. The van der Waals surface area contributed by atoms with Crippen LogP contribution in [0.4, 0.5) is 15.2 Å². The Balaban J connectivity index is 1.78. The van der Waals surface area contributed by atoms with E-state index in [0.717, 1.165) is 5.01 Å². The molecule has 130 valence electrons. The number of nitrogen functional groups attached to an aromatic ring is 1. The van der Waals surface area contributed by atoms with Gasteiger partial charge in [0.15, 0.2) is 0 Å². The Morgan fingerprint density at radius 3 is 2.80 bits per heavy atom. The van der Waals surface area contributed by atoms with Crippen molar-refractivity contribution in [3.05, 3.63) is 57.3 Å². The number of hydrogen-bond acceptors (Lipinski definition) is 5. The van der Waals surface area contributed by atoms with Crippen LogP contribution in [0.5, 0.6) is 0 Å². The quantitative estimate of drug-likeness (QED) is 0.727. The number of rotatable bonds is 4. The summed E-state index contributed by atoms with van der Waals surface area (Å²) in [6.45, 7) is 1.79. The van der Waals surface area contributed by atoms with Gasteiger partial charge in [-0.2, -0.15) is 0 Å². The van der Waals surface area contributed by atoms with Crippen LogP contribution in [0.25, 0.3) is 0 Å². The molecule has 0 atom stereocenters. The van der Waals surface area contributed by atoms with Gasteiger partial charge >= 0.3 is 0 Å². The number of nitrogens with zero attached hydrogens (tertiary/aromatic N) is 3. The minimum atomic E-state index is -0.392. The summed E-state index contributed by atoms with van der Waals surface area (Å²) in [4.78, 5) is 20.7.